The quantitative estimate of drug-likeness (QED) is 0.478. The zero-order chi connectivity index (χ0) is 16.4. The number of nitrogens with one attached hydrogen (secondary N) is 1. The van der Waals surface area contributed by atoms with Gasteiger partial charge in [0.15, 0.2) is 23.3 Å². The molecule has 21 heavy (non-hydrogen) atoms. The first-order valence-corrected chi connectivity index (χ1v) is 6.20. The van der Waals surface area contributed by atoms with Crippen LogP contribution < -0.4 is 5.32 Å². The molecule has 0 aliphatic heterocycles. The van der Waals surface area contributed by atoms with E-state index in [9.17, 15) is 26.7 Å². The SMILES string of the molecule is CCC(CC)(CNc1c(F)c(F)c(F)c(F)c1F)C(=O)O. The van der Waals surface area contributed by atoms with Crippen LogP contribution in [0.1, 0.15) is 26.7 Å². The summed E-state index contributed by atoms with van der Waals surface area (Å²) in [6, 6.07) is 0. The lowest BCUT2D eigenvalue weighted by Crippen LogP contribution is -2.37. The van der Waals surface area contributed by atoms with Crippen LogP contribution in [-0.4, -0.2) is 17.6 Å². The number of hydrogen-bond acceptors (Lipinski definition) is 2. The number of rotatable bonds is 6. The summed E-state index contributed by atoms with van der Waals surface area (Å²) >= 11 is 0. The maximum atomic E-state index is 13.5. The number of anilines is 1. The minimum Gasteiger partial charge on any atom is -0.481 e. The summed E-state index contributed by atoms with van der Waals surface area (Å²) in [7, 11) is 0. The second-order valence-corrected chi connectivity index (χ2v) is 4.59. The second kappa shape index (κ2) is 6.28. The zero-order valence-electron chi connectivity index (χ0n) is 11.4. The third-order valence-electron chi connectivity index (χ3n) is 3.62. The number of carboxylic acids is 1. The molecule has 8 heteroatoms. The van der Waals surface area contributed by atoms with Crippen molar-refractivity contribution in [3.63, 3.8) is 0 Å². The lowest BCUT2D eigenvalue weighted by atomic mass is 9.82. The molecular formula is C13H14F5NO2. The number of carboxylic acid groups (broad SMARTS) is 1. The molecule has 0 fully saturated rings. The highest BCUT2D eigenvalue weighted by molar-refractivity contribution is 5.75. The molecule has 0 aromatic heterocycles. The standard InChI is InChI=1S/C13H14F5NO2/c1-3-13(4-2,12(20)21)5-19-11-9(17)7(15)6(14)8(16)10(11)18/h19H,3-5H2,1-2H3,(H,20,21). The Morgan fingerprint density at radius 2 is 1.33 bits per heavy atom. The van der Waals surface area contributed by atoms with Crippen molar-refractivity contribution >= 4 is 11.7 Å². The molecule has 0 aliphatic carbocycles. The molecule has 0 saturated carbocycles. The summed E-state index contributed by atoms with van der Waals surface area (Å²) in [5.74, 6) is -11.7. The topological polar surface area (TPSA) is 49.3 Å². The first kappa shape index (κ1) is 17.2. The van der Waals surface area contributed by atoms with E-state index in [-0.39, 0.29) is 12.8 Å². The Kier molecular flexibility index (Phi) is 5.14. The van der Waals surface area contributed by atoms with Crippen LogP contribution in [0.5, 0.6) is 0 Å². The molecule has 1 aromatic rings. The Bertz CT molecular complexity index is 529. The van der Waals surface area contributed by atoms with Crippen LogP contribution in [0.15, 0.2) is 0 Å². The fourth-order valence-electron chi connectivity index (χ4n) is 1.90. The summed E-state index contributed by atoms with van der Waals surface area (Å²) < 4.78 is 65.8. The van der Waals surface area contributed by atoms with Crippen LogP contribution in [0.4, 0.5) is 27.6 Å². The van der Waals surface area contributed by atoms with Crippen LogP contribution in [-0.2, 0) is 4.79 Å². The maximum Gasteiger partial charge on any atom is 0.311 e. The molecule has 0 aliphatic rings. The van der Waals surface area contributed by atoms with E-state index < -0.39 is 52.7 Å². The van der Waals surface area contributed by atoms with Gasteiger partial charge in [0.05, 0.1) is 5.41 Å². The molecule has 0 spiro atoms. The van der Waals surface area contributed by atoms with Gasteiger partial charge >= 0.3 is 5.97 Å². The second-order valence-electron chi connectivity index (χ2n) is 4.59. The fourth-order valence-corrected chi connectivity index (χ4v) is 1.90. The predicted octanol–water partition coefficient (Wildman–Crippen LogP) is 3.69. The lowest BCUT2D eigenvalue weighted by molar-refractivity contribution is -0.148. The zero-order valence-corrected chi connectivity index (χ0v) is 11.4. The van der Waals surface area contributed by atoms with Crippen molar-refractivity contribution in [2.75, 3.05) is 11.9 Å². The van der Waals surface area contributed by atoms with Gasteiger partial charge in [0.25, 0.3) is 0 Å². The van der Waals surface area contributed by atoms with Crippen molar-refractivity contribution in [2.24, 2.45) is 5.41 Å². The molecular weight excluding hydrogens is 297 g/mol. The number of halogens is 5. The molecule has 1 aromatic carbocycles. The maximum absolute atomic E-state index is 13.5. The Morgan fingerprint density at radius 1 is 0.952 bits per heavy atom. The summed E-state index contributed by atoms with van der Waals surface area (Å²) in [5, 5.41) is 11.2. The number of benzene rings is 1. The highest BCUT2D eigenvalue weighted by Gasteiger charge is 2.36. The highest BCUT2D eigenvalue weighted by atomic mass is 19.2. The Labute approximate surface area is 117 Å². The van der Waals surface area contributed by atoms with Gasteiger partial charge in [-0.25, -0.2) is 22.0 Å². The minimum absolute atomic E-state index is 0.126. The third-order valence-corrected chi connectivity index (χ3v) is 3.62. The molecule has 2 N–H and O–H groups in total. The van der Waals surface area contributed by atoms with Crippen molar-refractivity contribution in [2.45, 2.75) is 26.7 Å². The highest BCUT2D eigenvalue weighted by Crippen LogP contribution is 2.31. The summed E-state index contributed by atoms with van der Waals surface area (Å²) in [4.78, 5) is 11.2. The first-order chi connectivity index (χ1) is 9.71. The molecule has 0 bridgehead atoms. The van der Waals surface area contributed by atoms with Gasteiger partial charge in [-0.05, 0) is 12.8 Å². The summed E-state index contributed by atoms with van der Waals surface area (Å²) in [5.41, 5.74) is -2.58. The van der Waals surface area contributed by atoms with Crippen molar-refractivity contribution in [3.8, 4) is 0 Å². The molecule has 0 saturated heterocycles. The molecule has 3 nitrogen and oxygen atoms in total. The first-order valence-electron chi connectivity index (χ1n) is 6.20. The van der Waals surface area contributed by atoms with E-state index in [2.05, 4.69) is 0 Å². The molecule has 118 valence electrons. The van der Waals surface area contributed by atoms with Crippen LogP contribution in [0.2, 0.25) is 0 Å². The Hall–Kier alpha value is -1.86. The number of aliphatic carboxylic acids is 1. The van der Waals surface area contributed by atoms with Crippen molar-refractivity contribution < 1.29 is 31.9 Å². The van der Waals surface area contributed by atoms with Crippen LogP contribution in [0.25, 0.3) is 0 Å². The molecule has 0 atom stereocenters. The van der Waals surface area contributed by atoms with E-state index in [1.54, 1.807) is 13.8 Å². The molecule has 0 amide bonds. The third kappa shape index (κ3) is 2.93. The van der Waals surface area contributed by atoms with Gasteiger partial charge in [0, 0.05) is 6.54 Å². The average Bonchev–Trinajstić information content (AvgIpc) is 2.47. The van der Waals surface area contributed by atoms with Gasteiger partial charge < -0.3 is 10.4 Å². The number of hydrogen-bond donors (Lipinski definition) is 2. The van der Waals surface area contributed by atoms with E-state index >= 15 is 0 Å². The van der Waals surface area contributed by atoms with Crippen molar-refractivity contribution in [1.82, 2.24) is 0 Å². The molecule has 0 unspecified atom stereocenters. The lowest BCUT2D eigenvalue weighted by Gasteiger charge is -2.27. The van der Waals surface area contributed by atoms with Gasteiger partial charge in [-0.1, -0.05) is 13.8 Å². The Morgan fingerprint density at radius 3 is 1.67 bits per heavy atom. The van der Waals surface area contributed by atoms with Crippen LogP contribution in [0.3, 0.4) is 0 Å². The molecule has 1 rings (SSSR count). The predicted molar refractivity (Wildman–Crippen MR) is 65.4 cm³/mol. The summed E-state index contributed by atoms with van der Waals surface area (Å²) in [6.07, 6.45) is 0.252. The minimum atomic E-state index is -2.26. The van der Waals surface area contributed by atoms with Gasteiger partial charge in [-0.2, -0.15) is 0 Å². The van der Waals surface area contributed by atoms with Gasteiger partial charge in [0.1, 0.15) is 5.69 Å². The average molecular weight is 311 g/mol. The van der Waals surface area contributed by atoms with Crippen LogP contribution in [0, 0.1) is 34.5 Å². The van der Waals surface area contributed by atoms with E-state index in [0.717, 1.165) is 0 Å². The van der Waals surface area contributed by atoms with Gasteiger partial charge in [-0.15, -0.1) is 0 Å². The fraction of sp³-hybridized carbons (Fsp3) is 0.462. The smallest absolute Gasteiger partial charge is 0.311 e. The van der Waals surface area contributed by atoms with Crippen molar-refractivity contribution in [1.29, 1.82) is 0 Å². The van der Waals surface area contributed by atoms with E-state index in [0.29, 0.717) is 0 Å². The molecule has 0 heterocycles. The monoisotopic (exact) mass is 311 g/mol. The Balaban J connectivity index is 3.18. The number of carbonyl (C=O) groups is 1. The normalized spacial score (nSPS) is 11.6. The van der Waals surface area contributed by atoms with E-state index in [1.165, 1.54) is 0 Å². The van der Waals surface area contributed by atoms with Gasteiger partial charge in [-0.3, -0.25) is 4.79 Å². The van der Waals surface area contributed by atoms with Gasteiger partial charge in [0.2, 0.25) is 5.82 Å². The molecule has 0 radical (unpaired) electrons. The summed E-state index contributed by atoms with van der Waals surface area (Å²) in [6.45, 7) is 2.64. The van der Waals surface area contributed by atoms with E-state index in [4.69, 9.17) is 5.11 Å². The van der Waals surface area contributed by atoms with E-state index in [1.807, 2.05) is 5.32 Å². The van der Waals surface area contributed by atoms with Crippen molar-refractivity contribution in [3.05, 3.63) is 29.1 Å². The van der Waals surface area contributed by atoms with Crippen LogP contribution >= 0.6 is 0 Å². The largest absolute Gasteiger partial charge is 0.481 e.